The predicted octanol–water partition coefficient (Wildman–Crippen LogP) is 5.89. The van der Waals surface area contributed by atoms with Crippen molar-refractivity contribution in [2.24, 2.45) is 5.92 Å². The van der Waals surface area contributed by atoms with Crippen molar-refractivity contribution in [2.45, 2.75) is 50.9 Å². The third kappa shape index (κ3) is 8.91. The number of amides is 1. The highest BCUT2D eigenvalue weighted by Crippen LogP contribution is 2.38. The minimum absolute atomic E-state index is 0.0458. The Morgan fingerprint density at radius 3 is 2.40 bits per heavy atom. The lowest BCUT2D eigenvalue weighted by Crippen LogP contribution is -2.41. The molecule has 3 aromatic rings. The second kappa shape index (κ2) is 15.5. The Morgan fingerprint density at radius 2 is 1.73 bits per heavy atom. The zero-order valence-electron chi connectivity index (χ0n) is 26.4. The first kappa shape index (κ1) is 35.3. The molecule has 2 heterocycles. The maximum Gasteiger partial charge on any atom is 0.387 e. The highest BCUT2D eigenvalue weighted by Gasteiger charge is 2.36. The van der Waals surface area contributed by atoms with Crippen LogP contribution >= 0.6 is 23.2 Å². The lowest BCUT2D eigenvalue weighted by Gasteiger charge is -2.26. The smallest absolute Gasteiger partial charge is 0.387 e. The van der Waals surface area contributed by atoms with E-state index >= 15 is 0 Å². The van der Waals surface area contributed by atoms with Gasteiger partial charge in [-0.2, -0.15) is 13.5 Å². The summed E-state index contributed by atoms with van der Waals surface area (Å²) in [6, 6.07) is 9.94. The van der Waals surface area contributed by atoms with Crippen LogP contribution in [-0.4, -0.2) is 73.9 Å². The number of rotatable bonds is 14. The number of aromatic nitrogens is 1. The van der Waals surface area contributed by atoms with Gasteiger partial charge in [-0.25, -0.2) is 0 Å². The number of carbonyl (C=O) groups excluding carboxylic acids is 3. The molecule has 2 atom stereocenters. The van der Waals surface area contributed by atoms with Crippen molar-refractivity contribution in [3.8, 4) is 11.5 Å². The van der Waals surface area contributed by atoms with Crippen molar-refractivity contribution in [2.75, 3.05) is 33.8 Å². The van der Waals surface area contributed by atoms with E-state index in [1.54, 1.807) is 37.2 Å². The summed E-state index contributed by atoms with van der Waals surface area (Å²) in [5.74, 6) is -0.907. The molecule has 48 heavy (non-hydrogen) atoms. The highest BCUT2D eigenvalue weighted by molar-refractivity contribution is 6.35. The van der Waals surface area contributed by atoms with Crippen LogP contribution in [0.1, 0.15) is 63.6 Å². The lowest BCUT2D eigenvalue weighted by molar-refractivity contribution is -0.605. The number of esters is 1. The van der Waals surface area contributed by atoms with Crippen molar-refractivity contribution in [1.29, 1.82) is 0 Å². The molecule has 0 spiro atoms. The van der Waals surface area contributed by atoms with E-state index in [9.17, 15) is 28.4 Å². The number of halogens is 4. The molecule has 0 N–H and O–H groups in total. The number of carbonyl (C=O) groups is 3. The summed E-state index contributed by atoms with van der Waals surface area (Å²) in [4.78, 5) is 42.7. The number of ether oxygens (including phenoxy) is 3. The van der Waals surface area contributed by atoms with Crippen molar-refractivity contribution in [3.05, 3.63) is 92.4 Å². The Bertz CT molecular complexity index is 1650. The minimum Gasteiger partial charge on any atom is -0.619 e. The molecule has 0 unspecified atom stereocenters. The number of Topliss-reactive ketones (excluding diaryl/α,β-unsaturated/α-hetero) is 1. The van der Waals surface area contributed by atoms with Crippen molar-refractivity contribution < 1.29 is 42.1 Å². The van der Waals surface area contributed by atoms with Crippen LogP contribution in [0, 0.1) is 11.1 Å². The van der Waals surface area contributed by atoms with E-state index in [0.29, 0.717) is 58.9 Å². The Labute approximate surface area is 286 Å². The number of hydrogen-bond acceptors (Lipinski definition) is 8. The van der Waals surface area contributed by atoms with Gasteiger partial charge in [-0.1, -0.05) is 41.4 Å². The molecule has 1 aliphatic heterocycles. The first-order valence-electron chi connectivity index (χ1n) is 15.5. The molecule has 1 amide bonds. The van der Waals surface area contributed by atoms with Crippen LogP contribution in [0.2, 0.25) is 10.0 Å². The number of pyridine rings is 1. The van der Waals surface area contributed by atoms with Crippen LogP contribution < -0.4 is 14.2 Å². The number of alkyl halides is 2. The molecule has 1 aromatic heterocycles. The van der Waals surface area contributed by atoms with Gasteiger partial charge in [0, 0.05) is 37.2 Å². The summed E-state index contributed by atoms with van der Waals surface area (Å²) >= 11 is 12.8. The molecule has 1 saturated carbocycles. The zero-order chi connectivity index (χ0) is 34.5. The maximum atomic E-state index is 13.8. The van der Waals surface area contributed by atoms with Crippen molar-refractivity contribution >= 4 is 40.9 Å². The van der Waals surface area contributed by atoms with E-state index in [1.807, 2.05) is 0 Å². The molecule has 1 saturated heterocycles. The van der Waals surface area contributed by atoms with E-state index in [4.69, 9.17) is 32.7 Å². The third-order valence-electron chi connectivity index (χ3n) is 8.25. The van der Waals surface area contributed by atoms with Crippen molar-refractivity contribution in [1.82, 2.24) is 9.80 Å². The average molecular weight is 707 g/mol. The quantitative estimate of drug-likeness (QED) is 0.0883. The molecule has 0 bridgehead atoms. The van der Waals surface area contributed by atoms with Gasteiger partial charge in [-0.15, -0.1) is 0 Å². The molecular weight excluding hydrogens is 671 g/mol. The highest BCUT2D eigenvalue weighted by atomic mass is 35.5. The van der Waals surface area contributed by atoms with Crippen LogP contribution in [-0.2, 0) is 16.0 Å². The van der Waals surface area contributed by atoms with Gasteiger partial charge in [0.05, 0.1) is 13.2 Å². The minimum atomic E-state index is -3.08. The van der Waals surface area contributed by atoms with Gasteiger partial charge in [-0.05, 0) is 68.0 Å². The normalized spacial score (nSPS) is 16.9. The number of ketones is 1. The molecule has 10 nitrogen and oxygen atoms in total. The van der Waals surface area contributed by atoms with E-state index in [1.165, 1.54) is 29.2 Å². The molecule has 5 rings (SSSR count). The number of benzene rings is 2. The standard InChI is InChI=1S/C34H35Cl2F2N3O7/c1-39(2)32(43)23-6-3-5-21(13-23)28(42)18-40-12-4-7-27(40)33(44)47-30(15-24-25(35)16-41(45)17-26(24)36)22-10-11-29(48-34(37)38)31(14-22)46-19-20-8-9-20/h3,5-6,10-11,13-14,16-17,20,27,30,34H,4,7-9,12,15,18-19H2,1-2H3/t27-,30-/m0/s1. The van der Waals surface area contributed by atoms with Gasteiger partial charge in [0.2, 0.25) is 0 Å². The molecule has 0 radical (unpaired) electrons. The third-order valence-corrected chi connectivity index (χ3v) is 8.90. The molecule has 2 aromatic carbocycles. The summed E-state index contributed by atoms with van der Waals surface area (Å²) in [5.41, 5.74) is 1.44. The maximum absolute atomic E-state index is 13.8. The predicted molar refractivity (Wildman–Crippen MR) is 173 cm³/mol. The van der Waals surface area contributed by atoms with E-state index in [-0.39, 0.29) is 46.2 Å². The summed E-state index contributed by atoms with van der Waals surface area (Å²) in [6.45, 7) is -2.39. The molecule has 2 aliphatic rings. The van der Waals surface area contributed by atoms with Gasteiger partial charge in [0.15, 0.2) is 29.7 Å². The summed E-state index contributed by atoms with van der Waals surface area (Å²) in [7, 11) is 3.25. The number of nitrogens with zero attached hydrogens (tertiary/aromatic N) is 3. The van der Waals surface area contributed by atoms with E-state index in [0.717, 1.165) is 25.2 Å². The van der Waals surface area contributed by atoms with Crippen LogP contribution in [0.25, 0.3) is 0 Å². The van der Waals surface area contributed by atoms with Crippen LogP contribution in [0.4, 0.5) is 8.78 Å². The van der Waals surface area contributed by atoms with Crippen LogP contribution in [0.5, 0.6) is 11.5 Å². The summed E-state index contributed by atoms with van der Waals surface area (Å²) < 4.78 is 43.5. The first-order chi connectivity index (χ1) is 22.9. The zero-order valence-corrected chi connectivity index (χ0v) is 27.9. The first-order valence-corrected chi connectivity index (χ1v) is 16.2. The summed E-state index contributed by atoms with van der Waals surface area (Å²) in [5, 5.41) is 12.0. The largest absolute Gasteiger partial charge is 0.619 e. The van der Waals surface area contributed by atoms with Gasteiger partial charge in [-0.3, -0.25) is 19.3 Å². The van der Waals surface area contributed by atoms with Crippen LogP contribution in [0.3, 0.4) is 0 Å². The van der Waals surface area contributed by atoms with E-state index < -0.39 is 24.7 Å². The number of hydrogen-bond donors (Lipinski definition) is 0. The van der Waals surface area contributed by atoms with Gasteiger partial charge in [0.1, 0.15) is 22.2 Å². The van der Waals surface area contributed by atoms with Crippen LogP contribution in [0.15, 0.2) is 54.9 Å². The molecular formula is C34H35Cl2F2N3O7. The molecule has 2 fully saturated rings. The molecule has 14 heteroatoms. The lowest BCUT2D eigenvalue weighted by atomic mass is 10.0. The number of likely N-dealkylation sites (tertiary alicyclic amines) is 1. The second-order valence-corrected chi connectivity index (χ2v) is 12.9. The van der Waals surface area contributed by atoms with Gasteiger partial charge >= 0.3 is 12.6 Å². The monoisotopic (exact) mass is 705 g/mol. The Kier molecular flexibility index (Phi) is 11.4. The topological polar surface area (TPSA) is 112 Å². The fourth-order valence-corrected chi connectivity index (χ4v) is 6.12. The Balaban J connectivity index is 1.39. The fourth-order valence-electron chi connectivity index (χ4n) is 5.52. The second-order valence-electron chi connectivity index (χ2n) is 12.1. The van der Waals surface area contributed by atoms with Gasteiger partial charge < -0.3 is 24.3 Å². The summed E-state index contributed by atoms with van der Waals surface area (Å²) in [6.07, 6.45) is 4.15. The molecule has 256 valence electrons. The average Bonchev–Trinajstić information content (AvgIpc) is 3.76. The fraction of sp³-hybridized carbons (Fsp3) is 0.412. The Hall–Kier alpha value is -4.00. The Morgan fingerprint density at radius 1 is 1.02 bits per heavy atom. The van der Waals surface area contributed by atoms with Gasteiger partial charge in [0.25, 0.3) is 5.91 Å². The SMILES string of the molecule is CN(C)C(=O)c1cccc(C(=O)CN2CCC[C@H]2C(=O)O[C@@H](Cc2c(Cl)c[n+]([O-])cc2Cl)c2ccc(OC(F)F)c(OCC3CC3)c2)c1. The molecule has 1 aliphatic carbocycles. The van der Waals surface area contributed by atoms with Crippen molar-refractivity contribution in [3.63, 3.8) is 0 Å². The van der Waals surface area contributed by atoms with E-state index in [2.05, 4.69) is 4.74 Å².